The van der Waals surface area contributed by atoms with Gasteiger partial charge in [-0.25, -0.2) is 0 Å². The van der Waals surface area contributed by atoms with Crippen molar-refractivity contribution in [3.8, 4) is 11.8 Å². The summed E-state index contributed by atoms with van der Waals surface area (Å²) in [4.78, 5) is 13.3. The van der Waals surface area contributed by atoms with Gasteiger partial charge in [0.05, 0.1) is 0 Å². The Bertz CT molecular complexity index is 511. The molecule has 2 rings (SSSR count). The topological polar surface area (TPSA) is 32.3 Å². The average Bonchev–Trinajstić information content (AvgIpc) is 2.77. The smallest absolute Gasteiger partial charge is 0.223 e. The number of hydrogen-bond acceptors (Lipinski definition) is 2. The first-order valence-corrected chi connectivity index (χ1v) is 6.27. The normalized spacial score (nSPS) is 12.9. The van der Waals surface area contributed by atoms with Gasteiger partial charge in [0, 0.05) is 37.7 Å². The Hall–Kier alpha value is -1.79. The third-order valence-electron chi connectivity index (χ3n) is 3.09. The summed E-state index contributed by atoms with van der Waals surface area (Å²) in [5, 5.41) is 3.07. The van der Waals surface area contributed by atoms with Gasteiger partial charge in [0.15, 0.2) is 0 Å². The fourth-order valence-corrected chi connectivity index (χ4v) is 2.16. The van der Waals surface area contributed by atoms with Gasteiger partial charge < -0.3 is 10.2 Å². The Labute approximate surface area is 108 Å². The van der Waals surface area contributed by atoms with E-state index >= 15 is 0 Å². The second-order valence-corrected chi connectivity index (χ2v) is 4.42. The van der Waals surface area contributed by atoms with E-state index in [0.717, 1.165) is 37.2 Å². The van der Waals surface area contributed by atoms with Gasteiger partial charge in [0.2, 0.25) is 5.91 Å². The lowest BCUT2D eigenvalue weighted by Gasteiger charge is -2.14. The van der Waals surface area contributed by atoms with Crippen molar-refractivity contribution in [1.82, 2.24) is 5.32 Å². The monoisotopic (exact) mass is 242 g/mol. The van der Waals surface area contributed by atoms with E-state index in [-0.39, 0.29) is 5.91 Å². The van der Waals surface area contributed by atoms with Gasteiger partial charge in [-0.05, 0) is 37.2 Å². The van der Waals surface area contributed by atoms with Crippen LogP contribution in [0.3, 0.4) is 0 Å². The van der Waals surface area contributed by atoms with Gasteiger partial charge in [-0.15, -0.1) is 0 Å². The van der Waals surface area contributed by atoms with Crippen LogP contribution in [0.1, 0.15) is 24.5 Å². The van der Waals surface area contributed by atoms with Gasteiger partial charge in [-0.3, -0.25) is 4.79 Å². The van der Waals surface area contributed by atoms with Gasteiger partial charge >= 0.3 is 0 Å². The maximum absolute atomic E-state index is 11.4. The lowest BCUT2D eigenvalue weighted by molar-refractivity contribution is -0.116. The zero-order chi connectivity index (χ0) is 13.0. The standard InChI is InChI=1S/C15H18N2O/c1-12(18)17-10-8-14-11-13(6-7-15(14)17)5-3-4-9-16-2/h6-7,11,16H,4,8-10H2,1-2H3. The van der Waals surface area contributed by atoms with E-state index in [1.54, 1.807) is 6.92 Å². The fourth-order valence-electron chi connectivity index (χ4n) is 2.16. The number of benzene rings is 1. The molecule has 1 aromatic rings. The van der Waals surface area contributed by atoms with E-state index in [0.29, 0.717) is 0 Å². The van der Waals surface area contributed by atoms with Gasteiger partial charge in [0.1, 0.15) is 0 Å². The van der Waals surface area contributed by atoms with Crippen molar-refractivity contribution in [1.29, 1.82) is 0 Å². The van der Waals surface area contributed by atoms with Crippen molar-refractivity contribution in [3.05, 3.63) is 29.3 Å². The minimum absolute atomic E-state index is 0.113. The Morgan fingerprint density at radius 2 is 2.33 bits per heavy atom. The molecule has 0 bridgehead atoms. The Balaban J connectivity index is 2.14. The van der Waals surface area contributed by atoms with Crippen molar-refractivity contribution >= 4 is 11.6 Å². The molecule has 0 fully saturated rings. The molecule has 3 nitrogen and oxygen atoms in total. The summed E-state index contributed by atoms with van der Waals surface area (Å²) in [6, 6.07) is 6.10. The van der Waals surface area contributed by atoms with E-state index in [1.807, 2.05) is 24.1 Å². The van der Waals surface area contributed by atoms with Crippen LogP contribution in [-0.2, 0) is 11.2 Å². The Morgan fingerprint density at radius 3 is 3.06 bits per heavy atom. The molecule has 1 aliphatic heterocycles. The SMILES string of the molecule is CNCCC#Cc1ccc2c(c1)CCN2C(C)=O. The molecule has 18 heavy (non-hydrogen) atoms. The molecule has 0 aromatic heterocycles. The van der Waals surface area contributed by atoms with Crippen LogP contribution in [0.4, 0.5) is 5.69 Å². The Morgan fingerprint density at radius 1 is 1.50 bits per heavy atom. The average molecular weight is 242 g/mol. The molecule has 0 aliphatic carbocycles. The van der Waals surface area contributed by atoms with E-state index in [1.165, 1.54) is 5.56 Å². The molecule has 1 aliphatic rings. The number of amides is 1. The van der Waals surface area contributed by atoms with Crippen molar-refractivity contribution in [2.45, 2.75) is 19.8 Å². The van der Waals surface area contributed by atoms with Crippen molar-refractivity contribution < 1.29 is 4.79 Å². The van der Waals surface area contributed by atoms with E-state index in [2.05, 4.69) is 23.2 Å². The van der Waals surface area contributed by atoms with Crippen LogP contribution in [0, 0.1) is 11.8 Å². The molecule has 1 N–H and O–H groups in total. The van der Waals surface area contributed by atoms with Gasteiger partial charge in [-0.2, -0.15) is 0 Å². The molecule has 0 saturated heterocycles. The minimum atomic E-state index is 0.113. The third kappa shape index (κ3) is 2.72. The number of anilines is 1. The molecule has 3 heteroatoms. The van der Waals surface area contributed by atoms with Crippen LogP contribution in [0.15, 0.2) is 18.2 Å². The molecule has 0 spiro atoms. The molecular weight excluding hydrogens is 224 g/mol. The van der Waals surface area contributed by atoms with Crippen molar-refractivity contribution in [2.24, 2.45) is 0 Å². The van der Waals surface area contributed by atoms with Crippen LogP contribution in [0.25, 0.3) is 0 Å². The molecule has 0 atom stereocenters. The lowest BCUT2D eigenvalue weighted by Crippen LogP contribution is -2.25. The van der Waals surface area contributed by atoms with Crippen LogP contribution < -0.4 is 10.2 Å². The highest BCUT2D eigenvalue weighted by molar-refractivity contribution is 5.93. The van der Waals surface area contributed by atoms with Crippen molar-refractivity contribution in [3.63, 3.8) is 0 Å². The highest BCUT2D eigenvalue weighted by Crippen LogP contribution is 2.28. The Kier molecular flexibility index (Phi) is 4.01. The first-order chi connectivity index (χ1) is 8.72. The number of hydrogen-bond donors (Lipinski definition) is 1. The number of nitrogens with zero attached hydrogens (tertiary/aromatic N) is 1. The van der Waals surface area contributed by atoms with E-state index in [9.17, 15) is 4.79 Å². The molecule has 0 radical (unpaired) electrons. The summed E-state index contributed by atoms with van der Waals surface area (Å²) in [5.41, 5.74) is 3.31. The largest absolute Gasteiger partial charge is 0.319 e. The summed E-state index contributed by atoms with van der Waals surface area (Å²) >= 11 is 0. The van der Waals surface area contributed by atoms with Gasteiger partial charge in [-0.1, -0.05) is 11.8 Å². The lowest BCUT2D eigenvalue weighted by atomic mass is 10.1. The number of rotatable bonds is 2. The van der Waals surface area contributed by atoms with Crippen LogP contribution >= 0.6 is 0 Å². The maximum Gasteiger partial charge on any atom is 0.223 e. The molecule has 0 unspecified atom stereocenters. The van der Waals surface area contributed by atoms with Crippen LogP contribution in [0.5, 0.6) is 0 Å². The van der Waals surface area contributed by atoms with E-state index in [4.69, 9.17) is 0 Å². The molecule has 94 valence electrons. The van der Waals surface area contributed by atoms with Gasteiger partial charge in [0.25, 0.3) is 0 Å². The summed E-state index contributed by atoms with van der Waals surface area (Å²) in [5.74, 6) is 6.41. The fraction of sp³-hybridized carbons (Fsp3) is 0.400. The number of nitrogens with one attached hydrogen (secondary N) is 1. The van der Waals surface area contributed by atoms with Crippen LogP contribution in [-0.4, -0.2) is 26.0 Å². The quantitative estimate of drug-likeness (QED) is 0.630. The highest BCUT2D eigenvalue weighted by Gasteiger charge is 2.21. The van der Waals surface area contributed by atoms with Crippen molar-refractivity contribution in [2.75, 3.05) is 25.0 Å². The minimum Gasteiger partial charge on any atom is -0.319 e. The summed E-state index contributed by atoms with van der Waals surface area (Å²) in [7, 11) is 1.92. The third-order valence-corrected chi connectivity index (χ3v) is 3.09. The summed E-state index contributed by atoms with van der Waals surface area (Å²) in [6.45, 7) is 3.32. The van der Waals surface area contributed by atoms with Crippen LogP contribution in [0.2, 0.25) is 0 Å². The van der Waals surface area contributed by atoms with E-state index < -0.39 is 0 Å². The maximum atomic E-state index is 11.4. The second kappa shape index (κ2) is 5.70. The predicted octanol–water partition coefficient (Wildman–Crippen LogP) is 1.56. The first-order valence-electron chi connectivity index (χ1n) is 6.27. The number of fused-ring (bicyclic) bond motifs is 1. The number of carbonyl (C=O) groups excluding carboxylic acids is 1. The first kappa shape index (κ1) is 12.7. The summed E-state index contributed by atoms with van der Waals surface area (Å²) < 4.78 is 0. The second-order valence-electron chi connectivity index (χ2n) is 4.42. The highest BCUT2D eigenvalue weighted by atomic mass is 16.2. The molecule has 1 amide bonds. The molecular formula is C15H18N2O. The molecule has 0 saturated carbocycles. The number of carbonyl (C=O) groups is 1. The summed E-state index contributed by atoms with van der Waals surface area (Å²) in [6.07, 6.45) is 1.79. The molecule has 1 heterocycles. The zero-order valence-corrected chi connectivity index (χ0v) is 10.9. The zero-order valence-electron chi connectivity index (χ0n) is 10.9. The molecule has 1 aromatic carbocycles. The predicted molar refractivity (Wildman–Crippen MR) is 73.6 cm³/mol.